The molecule has 1 unspecified atom stereocenters. The molecule has 1 fully saturated rings. The van der Waals surface area contributed by atoms with Crippen molar-refractivity contribution in [2.45, 2.75) is 44.9 Å². The molecule has 4 heterocycles. The van der Waals surface area contributed by atoms with E-state index in [2.05, 4.69) is 25.0 Å². The van der Waals surface area contributed by atoms with Crippen molar-refractivity contribution < 1.29 is 19.0 Å². The molecule has 1 amide bonds. The highest BCUT2D eigenvalue weighted by Gasteiger charge is 2.24. The quantitative estimate of drug-likeness (QED) is 0.718. The molecule has 5 rings (SSSR count). The molecule has 1 saturated heterocycles. The highest BCUT2D eigenvalue weighted by atomic mass is 35.5. The van der Waals surface area contributed by atoms with Crippen LogP contribution in [0.3, 0.4) is 0 Å². The van der Waals surface area contributed by atoms with Crippen LogP contribution in [0.15, 0.2) is 12.1 Å². The summed E-state index contributed by atoms with van der Waals surface area (Å²) < 4.78 is 18.5. The highest BCUT2D eigenvalue weighted by molar-refractivity contribution is 6.31. The second-order valence-corrected chi connectivity index (χ2v) is 8.46. The van der Waals surface area contributed by atoms with Gasteiger partial charge in [0, 0.05) is 63.3 Å². The number of fused-ring (bicyclic) bond motifs is 2. The Morgan fingerprint density at radius 1 is 1.19 bits per heavy atom. The van der Waals surface area contributed by atoms with Gasteiger partial charge in [-0.1, -0.05) is 11.6 Å². The van der Waals surface area contributed by atoms with Crippen molar-refractivity contribution in [1.82, 2.24) is 25.0 Å². The van der Waals surface area contributed by atoms with E-state index in [0.29, 0.717) is 30.3 Å². The second kappa shape index (κ2) is 9.02. The zero-order chi connectivity index (χ0) is 21.2. The number of benzene rings is 1. The van der Waals surface area contributed by atoms with Gasteiger partial charge in [0.05, 0.1) is 0 Å². The van der Waals surface area contributed by atoms with Gasteiger partial charge in [-0.25, -0.2) is 0 Å². The van der Waals surface area contributed by atoms with Crippen LogP contribution in [0, 0.1) is 0 Å². The Kier molecular flexibility index (Phi) is 5.97. The molecule has 2 aromatic rings. The van der Waals surface area contributed by atoms with Crippen LogP contribution in [-0.2, 0) is 35.5 Å². The predicted octanol–water partition coefficient (Wildman–Crippen LogP) is 1.56. The summed E-state index contributed by atoms with van der Waals surface area (Å²) in [5, 5.41) is 12.4. The number of ether oxygens (including phenoxy) is 3. The zero-order valence-corrected chi connectivity index (χ0v) is 18.1. The number of amides is 1. The smallest absolute Gasteiger partial charge is 0.249 e. The Labute approximate surface area is 185 Å². The van der Waals surface area contributed by atoms with Gasteiger partial charge in [0.15, 0.2) is 11.5 Å². The molecule has 31 heavy (non-hydrogen) atoms. The van der Waals surface area contributed by atoms with Crippen molar-refractivity contribution in [3.63, 3.8) is 0 Å². The van der Waals surface area contributed by atoms with Crippen molar-refractivity contribution in [2.75, 3.05) is 33.0 Å². The second-order valence-electron chi connectivity index (χ2n) is 8.05. The van der Waals surface area contributed by atoms with E-state index < -0.39 is 0 Å². The number of carbonyl (C=O) groups is 1. The summed E-state index contributed by atoms with van der Waals surface area (Å²) in [7, 11) is 0. The molecular weight excluding hydrogens is 422 g/mol. The Hall–Kier alpha value is -2.36. The van der Waals surface area contributed by atoms with Crippen LogP contribution in [0.1, 0.15) is 30.1 Å². The van der Waals surface area contributed by atoms with E-state index in [4.69, 9.17) is 25.8 Å². The Morgan fingerprint density at radius 3 is 2.90 bits per heavy atom. The van der Waals surface area contributed by atoms with Crippen LogP contribution in [0.25, 0.3) is 0 Å². The lowest BCUT2D eigenvalue weighted by Crippen LogP contribution is -2.35. The fourth-order valence-corrected chi connectivity index (χ4v) is 4.50. The lowest BCUT2D eigenvalue weighted by atomic mass is 10.2. The Morgan fingerprint density at radius 2 is 2.06 bits per heavy atom. The van der Waals surface area contributed by atoms with E-state index in [9.17, 15) is 4.79 Å². The fraction of sp³-hybridized carbons (Fsp3) is 0.571. The molecular formula is C21H26ClN5O4. The molecule has 1 aromatic heterocycles. The lowest BCUT2D eigenvalue weighted by molar-refractivity contribution is -0.130. The van der Waals surface area contributed by atoms with E-state index in [0.717, 1.165) is 68.4 Å². The third-order valence-corrected chi connectivity index (χ3v) is 6.35. The predicted molar refractivity (Wildman–Crippen MR) is 112 cm³/mol. The van der Waals surface area contributed by atoms with Gasteiger partial charge in [-0.15, -0.1) is 10.2 Å². The maximum atomic E-state index is 12.1. The van der Waals surface area contributed by atoms with Crippen molar-refractivity contribution in [2.24, 2.45) is 0 Å². The third-order valence-electron chi connectivity index (χ3n) is 6.00. The standard InChI is InChI=1S/C21H26ClN5O4/c22-15-11-18-17(30-13-31-18)10-14(15)12-26-6-4-20-25-24-19(27(20)8-7-26)3-5-23-21(28)16-2-1-9-29-16/h10-11,16H,1-9,12-13H2,(H,23,28). The van der Waals surface area contributed by atoms with E-state index in [1.807, 2.05) is 12.1 Å². The van der Waals surface area contributed by atoms with Crippen LogP contribution < -0.4 is 14.8 Å². The van der Waals surface area contributed by atoms with Crippen molar-refractivity contribution in [3.8, 4) is 11.5 Å². The number of hydrogen-bond acceptors (Lipinski definition) is 7. The Balaban J connectivity index is 1.17. The molecule has 1 aromatic carbocycles. The molecule has 10 heteroatoms. The van der Waals surface area contributed by atoms with E-state index in [1.165, 1.54) is 0 Å². The number of carbonyl (C=O) groups excluding carboxylic acids is 1. The lowest BCUT2D eigenvalue weighted by Gasteiger charge is -2.20. The molecule has 0 bridgehead atoms. The first-order chi connectivity index (χ1) is 15.2. The maximum absolute atomic E-state index is 12.1. The van der Waals surface area contributed by atoms with Gasteiger partial charge in [0.25, 0.3) is 0 Å². The van der Waals surface area contributed by atoms with E-state index in [1.54, 1.807) is 0 Å². The van der Waals surface area contributed by atoms with Crippen LogP contribution in [0.4, 0.5) is 0 Å². The number of nitrogens with zero attached hydrogens (tertiary/aromatic N) is 4. The summed E-state index contributed by atoms with van der Waals surface area (Å²) in [6.45, 7) is 4.73. The van der Waals surface area contributed by atoms with Gasteiger partial charge in [0.2, 0.25) is 12.7 Å². The SMILES string of the molecule is O=C(NCCc1nnc2n1CCN(Cc1cc3c(cc1Cl)OCO3)CC2)C1CCCO1. The number of hydrogen-bond donors (Lipinski definition) is 1. The summed E-state index contributed by atoms with van der Waals surface area (Å²) in [5.74, 6) is 3.32. The van der Waals surface area contributed by atoms with Crippen molar-refractivity contribution in [1.29, 1.82) is 0 Å². The minimum absolute atomic E-state index is 0.0279. The molecule has 3 aliphatic heterocycles. The number of halogens is 1. The van der Waals surface area contributed by atoms with Crippen LogP contribution in [0.2, 0.25) is 5.02 Å². The molecule has 0 spiro atoms. The summed E-state index contributed by atoms with van der Waals surface area (Å²) in [6.07, 6.45) is 2.92. The normalized spacial score (nSPS) is 20.5. The van der Waals surface area contributed by atoms with E-state index in [-0.39, 0.29) is 18.8 Å². The van der Waals surface area contributed by atoms with Crippen LogP contribution >= 0.6 is 11.6 Å². The van der Waals surface area contributed by atoms with Crippen LogP contribution in [0.5, 0.6) is 11.5 Å². The summed E-state index contributed by atoms with van der Waals surface area (Å²) in [5.41, 5.74) is 1.03. The largest absolute Gasteiger partial charge is 0.454 e. The molecule has 9 nitrogen and oxygen atoms in total. The van der Waals surface area contributed by atoms with Gasteiger partial charge in [0.1, 0.15) is 17.8 Å². The Bertz CT molecular complexity index is 959. The molecule has 3 aliphatic rings. The monoisotopic (exact) mass is 447 g/mol. The van der Waals surface area contributed by atoms with E-state index >= 15 is 0 Å². The van der Waals surface area contributed by atoms with Gasteiger partial charge in [-0.3, -0.25) is 9.69 Å². The molecule has 1 atom stereocenters. The summed E-state index contributed by atoms with van der Waals surface area (Å²) >= 11 is 6.46. The first-order valence-corrected chi connectivity index (χ1v) is 11.2. The minimum atomic E-state index is -0.299. The number of aromatic nitrogens is 3. The van der Waals surface area contributed by atoms with Crippen molar-refractivity contribution in [3.05, 3.63) is 34.4 Å². The van der Waals surface area contributed by atoms with Crippen molar-refractivity contribution >= 4 is 17.5 Å². The average molecular weight is 448 g/mol. The molecule has 166 valence electrons. The third kappa shape index (κ3) is 4.49. The molecule has 0 aliphatic carbocycles. The van der Waals surface area contributed by atoms with Gasteiger partial charge in [-0.05, 0) is 24.5 Å². The van der Waals surface area contributed by atoms with Crippen LogP contribution in [-0.4, -0.2) is 64.7 Å². The molecule has 0 radical (unpaired) electrons. The topological polar surface area (TPSA) is 90.7 Å². The average Bonchev–Trinajstić information content (AvgIpc) is 3.49. The fourth-order valence-electron chi connectivity index (χ4n) is 4.29. The first kappa shape index (κ1) is 20.5. The van der Waals surface area contributed by atoms with Gasteiger partial charge >= 0.3 is 0 Å². The summed E-state index contributed by atoms with van der Waals surface area (Å²) in [6, 6.07) is 3.80. The summed E-state index contributed by atoms with van der Waals surface area (Å²) in [4.78, 5) is 14.5. The first-order valence-electron chi connectivity index (χ1n) is 10.8. The maximum Gasteiger partial charge on any atom is 0.249 e. The van der Waals surface area contributed by atoms with Gasteiger partial charge < -0.3 is 24.1 Å². The molecule has 0 saturated carbocycles. The number of rotatable bonds is 6. The number of nitrogens with one attached hydrogen (secondary N) is 1. The highest BCUT2D eigenvalue weighted by Crippen LogP contribution is 2.37. The minimum Gasteiger partial charge on any atom is -0.454 e. The zero-order valence-electron chi connectivity index (χ0n) is 17.3. The van der Waals surface area contributed by atoms with Gasteiger partial charge in [-0.2, -0.15) is 0 Å². The molecule has 1 N–H and O–H groups in total.